The maximum absolute atomic E-state index is 9.59. The minimum atomic E-state index is 0.322. The van der Waals surface area contributed by atoms with Crippen molar-refractivity contribution in [2.45, 2.75) is 13.5 Å². The van der Waals surface area contributed by atoms with Crippen LogP contribution in [0.25, 0.3) is 0 Å². The Morgan fingerprint density at radius 1 is 1.25 bits per heavy atom. The number of phenolic OH excluding ortho intramolecular Hbond substituents is 1. The van der Waals surface area contributed by atoms with Gasteiger partial charge in [0.25, 0.3) is 5.82 Å². The molecule has 1 heterocycles. The molecule has 0 spiro atoms. The quantitative estimate of drug-likeness (QED) is 0.823. The van der Waals surface area contributed by atoms with E-state index in [2.05, 4.69) is 10.3 Å². The average Bonchev–Trinajstić information content (AvgIpc) is 2.28. The number of benzene rings is 1. The normalized spacial score (nSPS) is 10.1. The Balaban J connectivity index is 2.05. The van der Waals surface area contributed by atoms with Gasteiger partial charge in [-0.25, -0.2) is 4.98 Å². The fourth-order valence-corrected chi connectivity index (χ4v) is 1.53. The molecule has 82 valence electrons. The second kappa shape index (κ2) is 4.66. The summed E-state index contributed by atoms with van der Waals surface area (Å²) in [7, 11) is 0. The van der Waals surface area contributed by atoms with Gasteiger partial charge in [0.1, 0.15) is 12.3 Å². The third-order valence-corrected chi connectivity index (χ3v) is 2.42. The van der Waals surface area contributed by atoms with Gasteiger partial charge in [-0.05, 0) is 24.6 Å². The molecule has 3 N–H and O–H groups in total. The fourth-order valence-electron chi connectivity index (χ4n) is 1.53. The van der Waals surface area contributed by atoms with Crippen LogP contribution in [0.1, 0.15) is 11.1 Å². The molecule has 1 aromatic carbocycles. The lowest BCUT2D eigenvalue weighted by atomic mass is 10.2. The maximum Gasteiger partial charge on any atom is 0.272 e. The van der Waals surface area contributed by atoms with E-state index >= 15 is 0 Å². The van der Waals surface area contributed by atoms with Gasteiger partial charge >= 0.3 is 0 Å². The molecule has 0 saturated carbocycles. The van der Waals surface area contributed by atoms with Crippen molar-refractivity contribution in [1.82, 2.24) is 0 Å². The second-order valence-electron chi connectivity index (χ2n) is 3.76. The second-order valence-corrected chi connectivity index (χ2v) is 3.76. The molecular formula is C13H15N2O+. The summed E-state index contributed by atoms with van der Waals surface area (Å²) in [6, 6.07) is 11.4. The van der Waals surface area contributed by atoms with Gasteiger partial charge < -0.3 is 5.11 Å². The lowest BCUT2D eigenvalue weighted by Gasteiger charge is -2.02. The molecule has 3 nitrogen and oxygen atoms in total. The highest BCUT2D eigenvalue weighted by atomic mass is 16.3. The molecule has 0 radical (unpaired) electrons. The van der Waals surface area contributed by atoms with Crippen LogP contribution in [0.3, 0.4) is 0 Å². The highest BCUT2D eigenvalue weighted by molar-refractivity contribution is 5.37. The summed E-state index contributed by atoms with van der Waals surface area (Å²) in [6.45, 7) is 2.64. The first-order valence-corrected chi connectivity index (χ1v) is 5.25. The molecule has 0 atom stereocenters. The van der Waals surface area contributed by atoms with E-state index < -0.39 is 0 Å². The number of pyridine rings is 1. The molecule has 0 saturated heterocycles. The fraction of sp³-hybridized carbons (Fsp3) is 0.154. The number of phenols is 1. The Labute approximate surface area is 94.8 Å². The van der Waals surface area contributed by atoms with E-state index in [0.717, 1.165) is 11.4 Å². The van der Waals surface area contributed by atoms with Crippen LogP contribution in [0.5, 0.6) is 5.75 Å². The predicted molar refractivity (Wildman–Crippen MR) is 63.2 cm³/mol. The van der Waals surface area contributed by atoms with Crippen molar-refractivity contribution >= 4 is 5.82 Å². The average molecular weight is 215 g/mol. The molecule has 0 amide bonds. The van der Waals surface area contributed by atoms with Gasteiger partial charge in [-0.1, -0.05) is 18.2 Å². The molecular weight excluding hydrogens is 200 g/mol. The molecule has 0 bridgehead atoms. The number of H-pyrrole nitrogens is 1. The Bertz CT molecular complexity index is 483. The number of hydrogen-bond acceptors (Lipinski definition) is 2. The third kappa shape index (κ3) is 2.51. The lowest BCUT2D eigenvalue weighted by molar-refractivity contribution is -0.361. The van der Waals surface area contributed by atoms with Crippen molar-refractivity contribution in [2.24, 2.45) is 0 Å². The molecule has 16 heavy (non-hydrogen) atoms. The molecule has 2 rings (SSSR count). The van der Waals surface area contributed by atoms with Gasteiger partial charge in [0.15, 0.2) is 0 Å². The van der Waals surface area contributed by atoms with Crippen LogP contribution in [0, 0.1) is 6.92 Å². The summed E-state index contributed by atoms with van der Waals surface area (Å²) < 4.78 is 0. The molecule has 2 aromatic rings. The summed E-state index contributed by atoms with van der Waals surface area (Å²) in [6.07, 6.45) is 1.89. The molecule has 0 fully saturated rings. The summed E-state index contributed by atoms with van der Waals surface area (Å²) in [5.74, 6) is 1.27. The maximum atomic E-state index is 9.59. The summed E-state index contributed by atoms with van der Waals surface area (Å²) in [5.41, 5.74) is 2.08. The highest BCUT2D eigenvalue weighted by Crippen LogP contribution is 2.16. The molecule has 0 aliphatic heterocycles. The van der Waals surface area contributed by atoms with Gasteiger partial charge in [-0.2, -0.15) is 0 Å². The van der Waals surface area contributed by atoms with Crippen molar-refractivity contribution in [3.63, 3.8) is 0 Å². The van der Waals surface area contributed by atoms with Crippen LogP contribution < -0.4 is 10.3 Å². The smallest absolute Gasteiger partial charge is 0.272 e. The molecule has 1 aromatic heterocycles. The van der Waals surface area contributed by atoms with Crippen molar-refractivity contribution in [1.29, 1.82) is 0 Å². The van der Waals surface area contributed by atoms with Crippen LogP contribution in [-0.4, -0.2) is 5.11 Å². The van der Waals surface area contributed by atoms with E-state index in [9.17, 15) is 5.11 Å². The first kappa shape index (κ1) is 10.5. The highest BCUT2D eigenvalue weighted by Gasteiger charge is 2.04. The SMILES string of the molecule is Cc1cc[nH+]c(NCc2ccccc2O)c1. The zero-order chi connectivity index (χ0) is 11.4. The number of aromatic hydroxyl groups is 1. The van der Waals surface area contributed by atoms with Gasteiger partial charge in [0, 0.05) is 11.6 Å². The summed E-state index contributed by atoms with van der Waals surface area (Å²) in [4.78, 5) is 3.11. The first-order chi connectivity index (χ1) is 7.75. The predicted octanol–water partition coefficient (Wildman–Crippen LogP) is 2.13. The van der Waals surface area contributed by atoms with Crippen molar-refractivity contribution in [3.8, 4) is 5.75 Å². The molecule has 0 unspecified atom stereocenters. The number of aryl methyl sites for hydroxylation is 1. The van der Waals surface area contributed by atoms with Crippen LogP contribution in [0.2, 0.25) is 0 Å². The number of aromatic nitrogens is 1. The molecule has 0 aliphatic carbocycles. The third-order valence-electron chi connectivity index (χ3n) is 2.42. The van der Waals surface area contributed by atoms with Gasteiger partial charge in [-0.15, -0.1) is 0 Å². The Morgan fingerprint density at radius 2 is 2.06 bits per heavy atom. The van der Waals surface area contributed by atoms with Crippen molar-refractivity contribution < 1.29 is 10.1 Å². The minimum Gasteiger partial charge on any atom is -0.508 e. The lowest BCUT2D eigenvalue weighted by Crippen LogP contribution is -2.12. The number of hydrogen-bond donors (Lipinski definition) is 2. The van der Waals surface area contributed by atoms with E-state index in [1.165, 1.54) is 5.56 Å². The zero-order valence-electron chi connectivity index (χ0n) is 9.20. The Kier molecular flexibility index (Phi) is 3.05. The van der Waals surface area contributed by atoms with E-state index in [0.29, 0.717) is 12.3 Å². The number of aromatic amines is 1. The topological polar surface area (TPSA) is 46.4 Å². The number of rotatable bonds is 3. The van der Waals surface area contributed by atoms with Crippen LogP contribution in [0.4, 0.5) is 5.82 Å². The first-order valence-electron chi connectivity index (χ1n) is 5.25. The monoisotopic (exact) mass is 215 g/mol. The van der Waals surface area contributed by atoms with Crippen molar-refractivity contribution in [3.05, 3.63) is 53.7 Å². The van der Waals surface area contributed by atoms with E-state index in [1.54, 1.807) is 6.07 Å². The zero-order valence-corrected chi connectivity index (χ0v) is 9.20. The van der Waals surface area contributed by atoms with Crippen LogP contribution >= 0.6 is 0 Å². The molecule has 3 heteroatoms. The number of nitrogens with one attached hydrogen (secondary N) is 2. The van der Waals surface area contributed by atoms with Crippen LogP contribution in [0.15, 0.2) is 42.6 Å². The number of anilines is 1. The summed E-state index contributed by atoms with van der Waals surface area (Å²) >= 11 is 0. The van der Waals surface area contributed by atoms with Gasteiger partial charge in [-0.3, -0.25) is 5.32 Å². The Hall–Kier alpha value is -2.03. The van der Waals surface area contributed by atoms with E-state index in [4.69, 9.17) is 0 Å². The minimum absolute atomic E-state index is 0.322. The standard InChI is InChI=1S/C13H14N2O/c1-10-6-7-14-13(8-10)15-9-11-4-2-3-5-12(11)16/h2-8,16H,9H2,1H3,(H,14,15)/p+1. The van der Waals surface area contributed by atoms with Gasteiger partial charge in [0.05, 0.1) is 6.20 Å². The largest absolute Gasteiger partial charge is 0.508 e. The van der Waals surface area contributed by atoms with Gasteiger partial charge in [0.2, 0.25) is 0 Å². The van der Waals surface area contributed by atoms with Crippen LogP contribution in [-0.2, 0) is 6.54 Å². The Morgan fingerprint density at radius 3 is 2.81 bits per heavy atom. The van der Waals surface area contributed by atoms with E-state index in [1.807, 2.05) is 43.5 Å². The number of para-hydroxylation sites is 1. The molecule has 0 aliphatic rings. The van der Waals surface area contributed by atoms with E-state index in [-0.39, 0.29) is 0 Å². The summed E-state index contributed by atoms with van der Waals surface area (Å²) in [5, 5.41) is 12.8. The van der Waals surface area contributed by atoms with Crippen molar-refractivity contribution in [2.75, 3.05) is 5.32 Å².